The van der Waals surface area contributed by atoms with Crippen LogP contribution in [0.1, 0.15) is 39.0 Å². The zero-order chi connectivity index (χ0) is 11.4. The third kappa shape index (κ3) is 2.32. The molecule has 0 aromatic carbocycles. The highest BCUT2D eigenvalue weighted by Gasteiger charge is 2.45. The van der Waals surface area contributed by atoms with Gasteiger partial charge in [0.2, 0.25) is 0 Å². The van der Waals surface area contributed by atoms with Crippen LogP contribution in [0.15, 0.2) is 0 Å². The molecule has 1 aliphatic carbocycles. The maximum absolute atomic E-state index is 11.5. The van der Waals surface area contributed by atoms with E-state index in [1.165, 1.54) is 25.7 Å². The van der Waals surface area contributed by atoms with Gasteiger partial charge in [-0.05, 0) is 32.2 Å². The molecule has 3 N–H and O–H groups in total. The molecule has 2 fully saturated rings. The Morgan fingerprint density at radius 1 is 1.44 bits per heavy atom. The average Bonchev–Trinajstić information content (AvgIpc) is 2.82. The average molecular weight is 225 g/mol. The van der Waals surface area contributed by atoms with Crippen LogP contribution in [0.4, 0.5) is 4.79 Å². The summed E-state index contributed by atoms with van der Waals surface area (Å²) in [5, 5.41) is 9.45. The van der Waals surface area contributed by atoms with Crippen LogP contribution in [0.3, 0.4) is 0 Å². The van der Waals surface area contributed by atoms with Gasteiger partial charge in [-0.1, -0.05) is 13.3 Å². The van der Waals surface area contributed by atoms with Crippen LogP contribution < -0.4 is 16.0 Å². The van der Waals surface area contributed by atoms with Gasteiger partial charge in [0.05, 0.1) is 0 Å². The largest absolute Gasteiger partial charge is 0.338 e. The molecule has 92 valence electrons. The van der Waals surface area contributed by atoms with Gasteiger partial charge in [0, 0.05) is 24.5 Å². The summed E-state index contributed by atoms with van der Waals surface area (Å²) in [5.74, 6) is 0. The fourth-order valence-electron chi connectivity index (χ4n) is 3.11. The Bertz CT molecular complexity index is 245. The molecule has 1 saturated heterocycles. The van der Waals surface area contributed by atoms with E-state index in [0.29, 0.717) is 11.5 Å². The fraction of sp³-hybridized carbons (Fsp3) is 0.917. The number of nitrogens with one attached hydrogen (secondary N) is 3. The zero-order valence-corrected chi connectivity index (χ0v) is 10.1. The molecule has 0 aromatic heterocycles. The Hall–Kier alpha value is -0.770. The van der Waals surface area contributed by atoms with Crippen LogP contribution in [0.5, 0.6) is 0 Å². The molecular formula is C12H23N3O. The van der Waals surface area contributed by atoms with Crippen molar-refractivity contribution in [1.29, 1.82) is 0 Å². The van der Waals surface area contributed by atoms with Crippen LogP contribution in [-0.2, 0) is 0 Å². The second-order valence-electron chi connectivity index (χ2n) is 5.12. The van der Waals surface area contributed by atoms with Gasteiger partial charge in [0.25, 0.3) is 0 Å². The summed E-state index contributed by atoms with van der Waals surface area (Å²) in [4.78, 5) is 11.5. The van der Waals surface area contributed by atoms with E-state index in [-0.39, 0.29) is 6.03 Å². The van der Waals surface area contributed by atoms with Crippen molar-refractivity contribution in [3.63, 3.8) is 0 Å². The van der Waals surface area contributed by atoms with Crippen molar-refractivity contribution in [3.8, 4) is 0 Å². The number of amides is 2. The van der Waals surface area contributed by atoms with Crippen molar-refractivity contribution in [2.75, 3.05) is 19.6 Å². The molecule has 0 aromatic rings. The highest BCUT2D eigenvalue weighted by molar-refractivity contribution is 5.73. The van der Waals surface area contributed by atoms with Gasteiger partial charge in [-0.15, -0.1) is 0 Å². The van der Waals surface area contributed by atoms with E-state index in [0.717, 1.165) is 26.1 Å². The van der Waals surface area contributed by atoms with E-state index in [9.17, 15) is 4.79 Å². The smallest absolute Gasteiger partial charge is 0.314 e. The van der Waals surface area contributed by atoms with Crippen LogP contribution in [0, 0.1) is 5.41 Å². The zero-order valence-electron chi connectivity index (χ0n) is 10.1. The number of carbonyl (C=O) groups excluding carboxylic acids is 1. The first-order valence-corrected chi connectivity index (χ1v) is 6.52. The Kier molecular flexibility index (Phi) is 3.69. The molecule has 2 rings (SSSR count). The number of hydrogen-bond donors (Lipinski definition) is 3. The molecule has 0 radical (unpaired) electrons. The Labute approximate surface area is 97.6 Å². The fourth-order valence-corrected chi connectivity index (χ4v) is 3.11. The van der Waals surface area contributed by atoms with Gasteiger partial charge in [0.1, 0.15) is 0 Å². The topological polar surface area (TPSA) is 53.2 Å². The van der Waals surface area contributed by atoms with Crippen LogP contribution in [0.2, 0.25) is 0 Å². The van der Waals surface area contributed by atoms with Gasteiger partial charge in [-0.3, -0.25) is 0 Å². The highest BCUT2D eigenvalue weighted by Crippen LogP contribution is 2.43. The summed E-state index contributed by atoms with van der Waals surface area (Å²) in [7, 11) is 0. The van der Waals surface area contributed by atoms with Crippen molar-refractivity contribution >= 4 is 6.03 Å². The first kappa shape index (κ1) is 11.7. The van der Waals surface area contributed by atoms with E-state index in [2.05, 4.69) is 22.9 Å². The molecule has 2 aliphatic rings. The molecule has 4 heteroatoms. The second-order valence-corrected chi connectivity index (χ2v) is 5.12. The molecule has 16 heavy (non-hydrogen) atoms. The summed E-state index contributed by atoms with van der Waals surface area (Å²) in [6.07, 6.45) is 6.04. The van der Waals surface area contributed by atoms with Crippen LogP contribution >= 0.6 is 0 Å². The summed E-state index contributed by atoms with van der Waals surface area (Å²) < 4.78 is 0. The van der Waals surface area contributed by atoms with E-state index in [4.69, 9.17) is 0 Å². The van der Waals surface area contributed by atoms with Crippen molar-refractivity contribution in [3.05, 3.63) is 0 Å². The number of hydrogen-bond acceptors (Lipinski definition) is 2. The first-order valence-electron chi connectivity index (χ1n) is 6.52. The lowest BCUT2D eigenvalue weighted by molar-refractivity contribution is 0.225. The maximum atomic E-state index is 11.5. The third-order valence-corrected chi connectivity index (χ3v) is 4.06. The van der Waals surface area contributed by atoms with Crippen molar-refractivity contribution in [2.45, 2.75) is 45.1 Å². The van der Waals surface area contributed by atoms with Crippen LogP contribution in [0.25, 0.3) is 0 Å². The standard InChI is InChI=1S/C12H23N3O/c1-2-7-14-11(16)15-9-12-5-3-4-10(12)13-8-6-12/h10,13H,2-9H2,1H3,(H2,14,15,16)/t10-,12-/m1/s1. The SMILES string of the molecule is CCCNC(=O)NC[C@]12CCC[C@H]1NCC2. The van der Waals surface area contributed by atoms with Crippen molar-refractivity contribution in [2.24, 2.45) is 5.41 Å². The highest BCUT2D eigenvalue weighted by atomic mass is 16.2. The monoisotopic (exact) mass is 225 g/mol. The van der Waals surface area contributed by atoms with Gasteiger partial charge in [0.15, 0.2) is 0 Å². The Balaban J connectivity index is 1.78. The summed E-state index contributed by atoms with van der Waals surface area (Å²) in [6.45, 7) is 4.77. The maximum Gasteiger partial charge on any atom is 0.314 e. The third-order valence-electron chi connectivity index (χ3n) is 4.06. The predicted molar refractivity (Wildman–Crippen MR) is 64.4 cm³/mol. The number of urea groups is 1. The van der Waals surface area contributed by atoms with E-state index < -0.39 is 0 Å². The number of rotatable bonds is 4. The minimum atomic E-state index is -0.00576. The molecule has 1 heterocycles. The van der Waals surface area contributed by atoms with Crippen molar-refractivity contribution < 1.29 is 4.79 Å². The Morgan fingerprint density at radius 2 is 2.31 bits per heavy atom. The van der Waals surface area contributed by atoms with Gasteiger partial charge >= 0.3 is 6.03 Å². The van der Waals surface area contributed by atoms with Crippen LogP contribution in [-0.4, -0.2) is 31.7 Å². The molecule has 1 aliphatic heterocycles. The van der Waals surface area contributed by atoms with Crippen molar-refractivity contribution in [1.82, 2.24) is 16.0 Å². The Morgan fingerprint density at radius 3 is 3.12 bits per heavy atom. The first-order chi connectivity index (χ1) is 7.77. The molecule has 2 amide bonds. The minimum Gasteiger partial charge on any atom is -0.338 e. The molecule has 1 saturated carbocycles. The predicted octanol–water partition coefficient (Wildman–Crippen LogP) is 1.23. The molecule has 2 atom stereocenters. The molecule has 4 nitrogen and oxygen atoms in total. The van der Waals surface area contributed by atoms with E-state index in [1.54, 1.807) is 0 Å². The lowest BCUT2D eigenvalue weighted by Gasteiger charge is -2.28. The number of carbonyl (C=O) groups is 1. The summed E-state index contributed by atoms with van der Waals surface area (Å²) in [5.41, 5.74) is 0.351. The summed E-state index contributed by atoms with van der Waals surface area (Å²) >= 11 is 0. The summed E-state index contributed by atoms with van der Waals surface area (Å²) in [6, 6.07) is 0.632. The molecule has 0 spiro atoms. The van der Waals surface area contributed by atoms with E-state index in [1.807, 2.05) is 0 Å². The lowest BCUT2D eigenvalue weighted by Crippen LogP contribution is -2.45. The molecule has 0 bridgehead atoms. The van der Waals surface area contributed by atoms with Gasteiger partial charge in [-0.25, -0.2) is 4.79 Å². The van der Waals surface area contributed by atoms with Gasteiger partial charge in [-0.2, -0.15) is 0 Å². The van der Waals surface area contributed by atoms with E-state index >= 15 is 0 Å². The minimum absolute atomic E-state index is 0.00576. The second kappa shape index (κ2) is 5.04. The molecular weight excluding hydrogens is 202 g/mol. The van der Waals surface area contributed by atoms with Gasteiger partial charge < -0.3 is 16.0 Å². The lowest BCUT2D eigenvalue weighted by atomic mass is 9.82. The molecule has 0 unspecified atom stereocenters. The quantitative estimate of drug-likeness (QED) is 0.674. The number of fused-ring (bicyclic) bond motifs is 1. The normalized spacial score (nSPS) is 32.4.